The minimum absolute atomic E-state index is 0.509. The Kier molecular flexibility index (Phi) is 5.46. The molecule has 1 fully saturated rings. The molecule has 1 saturated carbocycles. The Morgan fingerprint density at radius 3 is 2.37 bits per heavy atom. The number of rotatable bonds is 3. The Morgan fingerprint density at radius 2 is 1.84 bits per heavy atom. The Bertz CT molecular complexity index is 440. The first kappa shape index (κ1) is 15.5. The molecule has 0 unspecified atom stereocenters. The van der Waals surface area contributed by atoms with Crippen molar-refractivity contribution >= 4 is 34.2 Å². The molecule has 0 saturated heterocycles. The maximum Gasteiger partial charge on any atom is 0.146 e. The van der Waals surface area contributed by atoms with Gasteiger partial charge >= 0.3 is 0 Å². The van der Waals surface area contributed by atoms with Crippen LogP contribution < -0.4 is 0 Å². The Hall–Kier alpha value is 0.100. The van der Waals surface area contributed by atoms with E-state index in [2.05, 4.69) is 48.3 Å². The van der Waals surface area contributed by atoms with Crippen molar-refractivity contribution < 1.29 is 0 Å². The van der Waals surface area contributed by atoms with E-state index in [1.165, 1.54) is 25.7 Å². The maximum atomic E-state index is 6.24. The number of hydrogen-bond acceptors (Lipinski definition) is 2. The van der Waals surface area contributed by atoms with Crippen LogP contribution in [0.5, 0.6) is 0 Å². The van der Waals surface area contributed by atoms with Crippen LogP contribution in [-0.4, -0.2) is 9.97 Å². The molecule has 0 amide bonds. The van der Waals surface area contributed by atoms with Crippen molar-refractivity contribution in [2.45, 2.75) is 58.8 Å². The number of nitrogens with zero attached hydrogens (tertiary/aromatic N) is 2. The Morgan fingerprint density at radius 1 is 1.21 bits per heavy atom. The summed E-state index contributed by atoms with van der Waals surface area (Å²) in [4.78, 5) is 9.26. The summed E-state index contributed by atoms with van der Waals surface area (Å²) in [6, 6.07) is 0. The van der Waals surface area contributed by atoms with Gasteiger partial charge in [0.1, 0.15) is 11.0 Å². The molecule has 4 heteroatoms. The molecular weight excluding hydrogens is 371 g/mol. The van der Waals surface area contributed by atoms with E-state index in [0.29, 0.717) is 11.1 Å². The molecule has 0 aromatic carbocycles. The largest absolute Gasteiger partial charge is 0.236 e. The fraction of sp³-hybridized carbons (Fsp3) is 0.733. The first-order chi connectivity index (χ1) is 9.02. The van der Waals surface area contributed by atoms with Crippen molar-refractivity contribution in [3.05, 3.63) is 20.2 Å². The lowest BCUT2D eigenvalue weighted by atomic mass is 9.77. The fourth-order valence-electron chi connectivity index (χ4n) is 2.94. The van der Waals surface area contributed by atoms with Crippen molar-refractivity contribution in [1.82, 2.24) is 9.97 Å². The van der Waals surface area contributed by atoms with Crippen LogP contribution in [0.3, 0.4) is 0 Å². The zero-order valence-electron chi connectivity index (χ0n) is 11.9. The minimum atomic E-state index is 0.509. The summed E-state index contributed by atoms with van der Waals surface area (Å²) in [5.41, 5.74) is 1.10. The van der Waals surface area contributed by atoms with Crippen LogP contribution in [-0.2, 0) is 6.42 Å². The molecule has 0 atom stereocenters. The van der Waals surface area contributed by atoms with Crippen molar-refractivity contribution in [2.75, 3.05) is 0 Å². The summed E-state index contributed by atoms with van der Waals surface area (Å²) in [5.74, 6) is 3.16. The van der Waals surface area contributed by atoms with E-state index in [9.17, 15) is 0 Å². The molecule has 1 aromatic heterocycles. The number of hydrogen-bond donors (Lipinski definition) is 0. The molecule has 0 N–H and O–H groups in total. The molecular formula is C15H22ClIN2. The van der Waals surface area contributed by atoms with Gasteiger partial charge in [0.05, 0.1) is 9.26 Å². The van der Waals surface area contributed by atoms with Gasteiger partial charge in [0.25, 0.3) is 0 Å². The van der Waals surface area contributed by atoms with E-state index in [4.69, 9.17) is 16.6 Å². The molecule has 1 aromatic rings. The quantitative estimate of drug-likeness (QED) is 0.520. The van der Waals surface area contributed by atoms with Crippen LogP contribution >= 0.6 is 34.2 Å². The van der Waals surface area contributed by atoms with Gasteiger partial charge in [-0.1, -0.05) is 32.4 Å². The molecule has 106 valence electrons. The number of aromatic nitrogens is 2. The highest BCUT2D eigenvalue weighted by atomic mass is 127. The van der Waals surface area contributed by atoms with E-state index < -0.39 is 0 Å². The monoisotopic (exact) mass is 392 g/mol. The standard InChI is InChI=1S/C15H22ClIN2/c1-4-12-13(17)14(16)19-15(18-12)11-7-5-10(6-8-11)9(2)3/h9-11H,4-8H2,1-3H3. The zero-order valence-corrected chi connectivity index (χ0v) is 14.8. The van der Waals surface area contributed by atoms with Crippen molar-refractivity contribution in [3.63, 3.8) is 0 Å². The fourth-order valence-corrected chi connectivity index (χ4v) is 3.76. The lowest BCUT2D eigenvalue weighted by Gasteiger charge is -2.30. The highest BCUT2D eigenvalue weighted by Crippen LogP contribution is 2.38. The molecule has 1 aliphatic carbocycles. The smallest absolute Gasteiger partial charge is 0.146 e. The van der Waals surface area contributed by atoms with Gasteiger partial charge in [-0.25, -0.2) is 9.97 Å². The summed E-state index contributed by atoms with van der Waals surface area (Å²) in [5, 5.41) is 0.633. The van der Waals surface area contributed by atoms with E-state index in [1.807, 2.05) is 0 Å². The summed E-state index contributed by atoms with van der Waals surface area (Å²) in [6.07, 6.45) is 5.95. The molecule has 2 nitrogen and oxygen atoms in total. The SMILES string of the molecule is CCc1nc(C2CCC(C(C)C)CC2)nc(Cl)c1I. The predicted molar refractivity (Wildman–Crippen MR) is 88.7 cm³/mol. The lowest BCUT2D eigenvalue weighted by molar-refractivity contribution is 0.254. The van der Waals surface area contributed by atoms with Gasteiger partial charge in [0.2, 0.25) is 0 Å². The molecule has 2 rings (SSSR count). The highest BCUT2D eigenvalue weighted by molar-refractivity contribution is 14.1. The number of halogens is 2. The van der Waals surface area contributed by atoms with Crippen LogP contribution in [0.25, 0.3) is 0 Å². The minimum Gasteiger partial charge on any atom is -0.236 e. The lowest BCUT2D eigenvalue weighted by Crippen LogP contribution is -2.19. The molecule has 0 radical (unpaired) electrons. The van der Waals surface area contributed by atoms with Crippen molar-refractivity contribution in [2.24, 2.45) is 11.8 Å². The third-order valence-electron chi connectivity index (χ3n) is 4.31. The van der Waals surface area contributed by atoms with Crippen molar-refractivity contribution in [3.8, 4) is 0 Å². The van der Waals surface area contributed by atoms with E-state index in [1.54, 1.807) is 0 Å². The van der Waals surface area contributed by atoms with Gasteiger partial charge in [0, 0.05) is 5.92 Å². The van der Waals surface area contributed by atoms with Crippen LogP contribution in [0, 0.1) is 15.4 Å². The molecule has 19 heavy (non-hydrogen) atoms. The van der Waals surface area contributed by atoms with Gasteiger partial charge in [-0.2, -0.15) is 0 Å². The van der Waals surface area contributed by atoms with Gasteiger partial charge in [0.15, 0.2) is 0 Å². The van der Waals surface area contributed by atoms with E-state index in [-0.39, 0.29) is 0 Å². The van der Waals surface area contributed by atoms with Crippen LogP contribution in [0.2, 0.25) is 5.15 Å². The summed E-state index contributed by atoms with van der Waals surface area (Å²) < 4.78 is 1.02. The van der Waals surface area contributed by atoms with E-state index >= 15 is 0 Å². The second-order valence-corrected chi connectivity index (χ2v) is 7.28. The maximum absolute atomic E-state index is 6.24. The first-order valence-corrected chi connectivity index (χ1v) is 8.70. The number of aryl methyl sites for hydroxylation is 1. The zero-order chi connectivity index (χ0) is 14.0. The predicted octanol–water partition coefficient (Wildman–Crippen LogP) is 5.23. The summed E-state index contributed by atoms with van der Waals surface area (Å²) in [6.45, 7) is 6.79. The topological polar surface area (TPSA) is 25.8 Å². The summed E-state index contributed by atoms with van der Waals surface area (Å²) >= 11 is 8.48. The van der Waals surface area contributed by atoms with Gasteiger partial charge in [-0.05, 0) is 66.5 Å². The highest BCUT2D eigenvalue weighted by Gasteiger charge is 2.26. The van der Waals surface area contributed by atoms with E-state index in [0.717, 1.165) is 33.3 Å². The second kappa shape index (κ2) is 6.70. The Labute approximate surface area is 134 Å². The summed E-state index contributed by atoms with van der Waals surface area (Å²) in [7, 11) is 0. The van der Waals surface area contributed by atoms with Gasteiger partial charge in [-0.15, -0.1) is 0 Å². The Balaban J connectivity index is 2.13. The van der Waals surface area contributed by atoms with Crippen LogP contribution in [0.15, 0.2) is 0 Å². The average molecular weight is 393 g/mol. The van der Waals surface area contributed by atoms with Gasteiger partial charge < -0.3 is 0 Å². The molecule has 1 heterocycles. The first-order valence-electron chi connectivity index (χ1n) is 7.24. The average Bonchev–Trinajstić information content (AvgIpc) is 2.41. The molecule has 0 bridgehead atoms. The third kappa shape index (κ3) is 3.60. The van der Waals surface area contributed by atoms with Crippen LogP contribution in [0.4, 0.5) is 0 Å². The van der Waals surface area contributed by atoms with Crippen LogP contribution in [0.1, 0.15) is 63.9 Å². The molecule has 1 aliphatic rings. The molecule has 0 spiro atoms. The van der Waals surface area contributed by atoms with Gasteiger partial charge in [-0.3, -0.25) is 0 Å². The third-order valence-corrected chi connectivity index (χ3v) is 6.04. The normalized spacial score (nSPS) is 23.9. The second-order valence-electron chi connectivity index (χ2n) is 5.84. The molecule has 0 aliphatic heterocycles. The van der Waals surface area contributed by atoms with Crippen molar-refractivity contribution in [1.29, 1.82) is 0 Å².